The second-order valence-electron chi connectivity index (χ2n) is 8.23. The van der Waals surface area contributed by atoms with Gasteiger partial charge in [-0.1, -0.05) is 0 Å². The highest BCUT2D eigenvalue weighted by molar-refractivity contribution is 5.74. The van der Waals surface area contributed by atoms with E-state index >= 15 is 0 Å². The van der Waals surface area contributed by atoms with Crippen molar-refractivity contribution in [2.24, 2.45) is 5.92 Å². The number of carbonyl (C=O) groups is 1. The Bertz CT molecular complexity index is 911. The Morgan fingerprint density at radius 1 is 0.967 bits per heavy atom. The highest BCUT2D eigenvalue weighted by Gasteiger charge is 2.27. The molecule has 0 spiro atoms. The number of methoxy groups -OCH3 is 1. The second kappa shape index (κ2) is 9.32. The van der Waals surface area contributed by atoms with E-state index in [1.54, 1.807) is 23.9 Å². The summed E-state index contributed by atoms with van der Waals surface area (Å²) in [5.41, 5.74) is 1.64. The van der Waals surface area contributed by atoms with Crippen molar-refractivity contribution >= 4 is 6.03 Å². The molecule has 0 N–H and O–H groups in total. The summed E-state index contributed by atoms with van der Waals surface area (Å²) in [6.07, 6.45) is 5.26. The van der Waals surface area contributed by atoms with Crippen LogP contribution in [0, 0.1) is 5.92 Å². The van der Waals surface area contributed by atoms with Gasteiger partial charge in [-0.05, 0) is 68.4 Å². The molecule has 0 bridgehead atoms. The highest BCUT2D eigenvalue weighted by atomic mass is 16.5. The van der Waals surface area contributed by atoms with Gasteiger partial charge in [0.25, 0.3) is 5.56 Å². The fraction of sp³-hybridized carbons (Fsp3) is 0.522. The zero-order chi connectivity index (χ0) is 20.9. The molecule has 2 aliphatic rings. The van der Waals surface area contributed by atoms with E-state index in [2.05, 4.69) is 5.10 Å². The Kier molecular flexibility index (Phi) is 6.35. The number of hydrogen-bond acceptors (Lipinski definition) is 4. The first-order valence-electron chi connectivity index (χ1n) is 10.9. The molecule has 2 aliphatic heterocycles. The lowest BCUT2D eigenvalue weighted by Crippen LogP contribution is -2.48. The molecule has 2 amide bonds. The summed E-state index contributed by atoms with van der Waals surface area (Å²) >= 11 is 0. The second-order valence-corrected chi connectivity index (χ2v) is 8.23. The van der Waals surface area contributed by atoms with Gasteiger partial charge < -0.3 is 14.5 Å². The van der Waals surface area contributed by atoms with Crippen molar-refractivity contribution < 1.29 is 9.53 Å². The van der Waals surface area contributed by atoms with E-state index in [-0.39, 0.29) is 11.6 Å². The van der Waals surface area contributed by atoms with Crippen LogP contribution in [0.2, 0.25) is 0 Å². The van der Waals surface area contributed by atoms with Crippen LogP contribution < -0.4 is 10.3 Å². The van der Waals surface area contributed by atoms with Crippen LogP contribution in [0.15, 0.2) is 41.2 Å². The largest absolute Gasteiger partial charge is 0.497 e. The van der Waals surface area contributed by atoms with Gasteiger partial charge in [-0.15, -0.1) is 0 Å². The molecule has 3 heterocycles. The van der Waals surface area contributed by atoms with E-state index in [9.17, 15) is 9.59 Å². The smallest absolute Gasteiger partial charge is 0.319 e. The van der Waals surface area contributed by atoms with Crippen LogP contribution in [-0.2, 0) is 6.54 Å². The number of likely N-dealkylation sites (tertiary alicyclic amines) is 2. The van der Waals surface area contributed by atoms with E-state index < -0.39 is 0 Å². The van der Waals surface area contributed by atoms with Gasteiger partial charge in [0.05, 0.1) is 12.8 Å². The van der Waals surface area contributed by atoms with Crippen molar-refractivity contribution in [3.05, 3.63) is 46.8 Å². The zero-order valence-corrected chi connectivity index (χ0v) is 17.6. The van der Waals surface area contributed by atoms with Crippen molar-refractivity contribution in [3.8, 4) is 17.0 Å². The maximum atomic E-state index is 12.7. The molecule has 30 heavy (non-hydrogen) atoms. The molecule has 7 heteroatoms. The topological polar surface area (TPSA) is 67.7 Å². The lowest BCUT2D eigenvalue weighted by molar-refractivity contribution is 0.121. The molecular formula is C23H30N4O3. The molecule has 0 aliphatic carbocycles. The Hall–Kier alpha value is -2.83. The van der Waals surface area contributed by atoms with Crippen molar-refractivity contribution in [2.45, 2.75) is 38.6 Å². The third kappa shape index (κ3) is 4.66. The first-order chi connectivity index (χ1) is 14.6. The zero-order valence-electron chi connectivity index (χ0n) is 17.6. The van der Waals surface area contributed by atoms with Gasteiger partial charge >= 0.3 is 6.03 Å². The Morgan fingerprint density at radius 3 is 2.30 bits per heavy atom. The van der Waals surface area contributed by atoms with Crippen molar-refractivity contribution in [1.82, 2.24) is 19.6 Å². The summed E-state index contributed by atoms with van der Waals surface area (Å²) in [6.45, 7) is 3.88. The molecule has 0 unspecified atom stereocenters. The molecule has 4 rings (SSSR count). The molecule has 2 fully saturated rings. The van der Waals surface area contributed by atoms with Crippen LogP contribution in [0.3, 0.4) is 0 Å². The average Bonchev–Trinajstić information content (AvgIpc) is 2.81. The molecule has 0 atom stereocenters. The Balaban J connectivity index is 1.37. The monoisotopic (exact) mass is 410 g/mol. The maximum absolute atomic E-state index is 12.7. The van der Waals surface area contributed by atoms with Crippen LogP contribution >= 0.6 is 0 Å². The van der Waals surface area contributed by atoms with Gasteiger partial charge in [0, 0.05) is 44.4 Å². The molecule has 1 aromatic carbocycles. The fourth-order valence-electron chi connectivity index (χ4n) is 4.33. The molecule has 2 aromatic rings. The lowest BCUT2D eigenvalue weighted by Gasteiger charge is -2.37. The van der Waals surface area contributed by atoms with Gasteiger partial charge in [-0.2, -0.15) is 5.10 Å². The molecular weight excluding hydrogens is 380 g/mol. The lowest BCUT2D eigenvalue weighted by atomic mass is 9.97. The number of aromatic nitrogens is 2. The van der Waals surface area contributed by atoms with Crippen LogP contribution in [0.5, 0.6) is 5.75 Å². The number of urea groups is 1. The molecule has 0 saturated carbocycles. The summed E-state index contributed by atoms with van der Waals surface area (Å²) in [5.74, 6) is 1.14. The number of carbonyl (C=O) groups excluding carboxylic acids is 1. The number of benzene rings is 1. The SMILES string of the molecule is COc1ccc(-c2ccc(=O)n(CC3CCN(C(=O)N4CCCCC4)CC3)n2)cc1. The van der Waals surface area contributed by atoms with E-state index in [1.807, 2.05) is 34.1 Å². The summed E-state index contributed by atoms with van der Waals surface area (Å²) < 4.78 is 6.78. The van der Waals surface area contributed by atoms with E-state index in [0.29, 0.717) is 12.5 Å². The summed E-state index contributed by atoms with van der Waals surface area (Å²) in [6, 6.07) is 11.2. The minimum Gasteiger partial charge on any atom is -0.497 e. The normalized spacial score (nSPS) is 17.8. The number of hydrogen-bond donors (Lipinski definition) is 0. The van der Waals surface area contributed by atoms with Crippen LogP contribution in [0.1, 0.15) is 32.1 Å². The summed E-state index contributed by atoms with van der Waals surface area (Å²) in [5, 5.41) is 4.59. The standard InChI is InChI=1S/C23H30N4O3/c1-30-20-7-5-19(6-8-20)21-9-10-22(28)27(24-21)17-18-11-15-26(16-12-18)23(29)25-13-3-2-4-14-25/h5-10,18H,2-4,11-17H2,1H3. The minimum absolute atomic E-state index is 0.0842. The first kappa shape index (κ1) is 20.4. The number of nitrogens with zero attached hydrogens (tertiary/aromatic N) is 4. The minimum atomic E-state index is -0.0842. The molecule has 2 saturated heterocycles. The quantitative estimate of drug-likeness (QED) is 0.776. The number of piperidine rings is 2. The summed E-state index contributed by atoms with van der Waals surface area (Å²) in [7, 11) is 1.64. The molecule has 0 radical (unpaired) electrons. The number of amides is 2. The maximum Gasteiger partial charge on any atom is 0.319 e. The molecule has 1 aromatic heterocycles. The van der Waals surface area contributed by atoms with Crippen LogP contribution in [-0.4, -0.2) is 58.9 Å². The van der Waals surface area contributed by atoms with Crippen molar-refractivity contribution in [2.75, 3.05) is 33.3 Å². The summed E-state index contributed by atoms with van der Waals surface area (Å²) in [4.78, 5) is 29.0. The third-order valence-electron chi connectivity index (χ3n) is 6.20. The van der Waals surface area contributed by atoms with Gasteiger partial charge in [0.2, 0.25) is 0 Å². The van der Waals surface area contributed by atoms with Crippen LogP contribution in [0.25, 0.3) is 11.3 Å². The van der Waals surface area contributed by atoms with E-state index in [0.717, 1.165) is 68.9 Å². The first-order valence-corrected chi connectivity index (χ1v) is 10.9. The molecule has 160 valence electrons. The van der Waals surface area contributed by atoms with Gasteiger partial charge in [-0.3, -0.25) is 4.79 Å². The number of ether oxygens (including phenoxy) is 1. The Labute approximate surface area is 177 Å². The van der Waals surface area contributed by atoms with Crippen molar-refractivity contribution in [1.29, 1.82) is 0 Å². The molecule has 7 nitrogen and oxygen atoms in total. The van der Waals surface area contributed by atoms with Gasteiger partial charge in [0.15, 0.2) is 0 Å². The van der Waals surface area contributed by atoms with Gasteiger partial charge in [0.1, 0.15) is 5.75 Å². The Morgan fingerprint density at radius 2 is 1.63 bits per heavy atom. The number of rotatable bonds is 4. The van der Waals surface area contributed by atoms with Gasteiger partial charge in [-0.25, -0.2) is 9.48 Å². The van der Waals surface area contributed by atoms with E-state index in [1.165, 1.54) is 6.42 Å². The fourth-order valence-corrected chi connectivity index (χ4v) is 4.33. The third-order valence-corrected chi connectivity index (χ3v) is 6.20. The highest BCUT2D eigenvalue weighted by Crippen LogP contribution is 2.22. The average molecular weight is 411 g/mol. The van der Waals surface area contributed by atoms with E-state index in [4.69, 9.17) is 4.74 Å². The van der Waals surface area contributed by atoms with Crippen LogP contribution in [0.4, 0.5) is 4.79 Å². The predicted octanol–water partition coefficient (Wildman–Crippen LogP) is 3.24. The predicted molar refractivity (Wildman–Crippen MR) is 116 cm³/mol. The van der Waals surface area contributed by atoms with Crippen molar-refractivity contribution in [3.63, 3.8) is 0 Å².